The van der Waals surface area contributed by atoms with Gasteiger partial charge in [0.05, 0.1) is 12.7 Å². The highest BCUT2D eigenvalue weighted by atomic mass is 16.5. The third kappa shape index (κ3) is 6.67. The van der Waals surface area contributed by atoms with Crippen LogP contribution in [0.3, 0.4) is 0 Å². The van der Waals surface area contributed by atoms with Gasteiger partial charge >= 0.3 is 0 Å². The molecule has 0 radical (unpaired) electrons. The van der Waals surface area contributed by atoms with Gasteiger partial charge < -0.3 is 5.21 Å². The molecule has 0 aliphatic heterocycles. The Labute approximate surface area is 111 Å². The number of aryl methyl sites for hydroxylation is 1. The quantitative estimate of drug-likeness (QED) is 0.332. The Morgan fingerprint density at radius 3 is 1.94 bits per heavy atom. The molecular formula is C15H28N2O. The molecule has 1 aromatic heterocycles. The predicted octanol–water partition coefficient (Wildman–Crippen LogP) is 4.04. The second-order valence-electron chi connectivity index (χ2n) is 5.14. The summed E-state index contributed by atoms with van der Waals surface area (Å²) < 4.78 is 1.73. The van der Waals surface area contributed by atoms with Crippen LogP contribution >= 0.6 is 0 Å². The van der Waals surface area contributed by atoms with Crippen molar-refractivity contribution in [2.45, 2.75) is 77.7 Å². The number of aromatic nitrogens is 2. The second kappa shape index (κ2) is 9.98. The minimum Gasteiger partial charge on any atom is -0.596 e. The van der Waals surface area contributed by atoms with Crippen molar-refractivity contribution in [3.05, 3.63) is 23.7 Å². The molecule has 0 unspecified atom stereocenters. The van der Waals surface area contributed by atoms with E-state index in [4.69, 9.17) is 0 Å². The maximum atomic E-state index is 11.2. The van der Waals surface area contributed by atoms with Gasteiger partial charge in [0.1, 0.15) is 0 Å². The molecule has 0 saturated carbocycles. The maximum Gasteiger partial charge on any atom is 0.209 e. The van der Waals surface area contributed by atoms with Crippen molar-refractivity contribution >= 4 is 0 Å². The van der Waals surface area contributed by atoms with Crippen molar-refractivity contribution in [3.63, 3.8) is 0 Å². The Morgan fingerprint density at radius 1 is 0.889 bits per heavy atom. The summed E-state index contributed by atoms with van der Waals surface area (Å²) in [5, 5.41) is 11.2. The van der Waals surface area contributed by atoms with Crippen molar-refractivity contribution < 1.29 is 4.85 Å². The largest absolute Gasteiger partial charge is 0.596 e. The van der Waals surface area contributed by atoms with Gasteiger partial charge in [-0.15, -0.1) is 4.68 Å². The summed E-state index contributed by atoms with van der Waals surface area (Å²) >= 11 is 0. The first-order valence-corrected chi connectivity index (χ1v) is 7.59. The lowest BCUT2D eigenvalue weighted by atomic mass is 10.1. The average molecular weight is 252 g/mol. The Morgan fingerprint density at radius 2 is 1.44 bits per heavy atom. The number of hydrogen-bond donors (Lipinski definition) is 0. The molecule has 0 spiro atoms. The Bertz CT molecular complexity index is 296. The van der Waals surface area contributed by atoms with Crippen LogP contribution in [0, 0.1) is 5.21 Å². The molecule has 0 N–H and O–H groups in total. The smallest absolute Gasteiger partial charge is 0.209 e. The molecule has 1 heterocycles. The van der Waals surface area contributed by atoms with E-state index in [0.717, 1.165) is 17.8 Å². The zero-order valence-corrected chi connectivity index (χ0v) is 11.8. The van der Waals surface area contributed by atoms with Gasteiger partial charge in [0.15, 0.2) is 0 Å². The summed E-state index contributed by atoms with van der Waals surface area (Å²) in [6, 6.07) is 1.79. The third-order valence-electron chi connectivity index (χ3n) is 3.47. The maximum absolute atomic E-state index is 11.2. The van der Waals surface area contributed by atoms with Crippen LogP contribution in [0.1, 0.15) is 71.1 Å². The molecule has 0 saturated heterocycles. The number of rotatable bonds is 11. The number of nitrogens with zero attached hydrogens (tertiary/aromatic N) is 2. The second-order valence-corrected chi connectivity index (χ2v) is 5.14. The number of unbranched alkanes of at least 4 members (excludes halogenated alkanes) is 9. The molecule has 3 heteroatoms. The molecule has 0 amide bonds. The highest BCUT2D eigenvalue weighted by Gasteiger charge is 1.99. The van der Waals surface area contributed by atoms with E-state index >= 15 is 0 Å². The Hall–Kier alpha value is -0.990. The van der Waals surface area contributed by atoms with Gasteiger partial charge in [0.25, 0.3) is 0 Å². The highest BCUT2D eigenvalue weighted by molar-refractivity contribution is 4.71. The third-order valence-corrected chi connectivity index (χ3v) is 3.47. The standard InChI is InChI=1S/C15H28N2O/c1-2-3-4-5-6-7-8-9-10-11-13-16-14-12-15-17(16)18/h12,14-15H,2-11,13H2,1H3. The fourth-order valence-electron chi connectivity index (χ4n) is 2.30. The van der Waals surface area contributed by atoms with Gasteiger partial charge in [-0.05, 0) is 6.42 Å². The lowest BCUT2D eigenvalue weighted by Gasteiger charge is -2.03. The van der Waals surface area contributed by atoms with E-state index in [1.165, 1.54) is 57.8 Å². The summed E-state index contributed by atoms with van der Waals surface area (Å²) in [5.41, 5.74) is 0. The normalized spacial score (nSPS) is 10.9. The van der Waals surface area contributed by atoms with Crippen molar-refractivity contribution in [1.82, 2.24) is 4.68 Å². The minimum atomic E-state index is 0.854. The van der Waals surface area contributed by atoms with Gasteiger partial charge in [-0.3, -0.25) is 0 Å². The van der Waals surface area contributed by atoms with Crippen LogP contribution in [0.25, 0.3) is 0 Å². The molecule has 1 rings (SSSR count). The molecule has 0 aliphatic rings. The molecule has 0 bridgehead atoms. The molecule has 0 fully saturated rings. The fraction of sp³-hybridized carbons (Fsp3) is 0.800. The highest BCUT2D eigenvalue weighted by Crippen LogP contribution is 2.10. The van der Waals surface area contributed by atoms with Crippen LogP contribution in [-0.2, 0) is 6.54 Å². The van der Waals surface area contributed by atoms with E-state index < -0.39 is 0 Å². The molecule has 0 aromatic carbocycles. The van der Waals surface area contributed by atoms with Gasteiger partial charge in [0, 0.05) is 6.07 Å². The van der Waals surface area contributed by atoms with E-state index in [0.29, 0.717) is 0 Å². The summed E-state index contributed by atoms with van der Waals surface area (Å²) in [5.74, 6) is 0. The van der Waals surface area contributed by atoms with Crippen LogP contribution in [0.5, 0.6) is 0 Å². The minimum absolute atomic E-state index is 0.854. The lowest BCUT2D eigenvalue weighted by Crippen LogP contribution is -2.36. The van der Waals surface area contributed by atoms with Crippen LogP contribution in [-0.4, -0.2) is 4.68 Å². The summed E-state index contributed by atoms with van der Waals surface area (Å²) in [6.07, 6.45) is 16.8. The van der Waals surface area contributed by atoms with Gasteiger partial charge in [-0.2, -0.15) is 0 Å². The zero-order chi connectivity index (χ0) is 13.1. The topological polar surface area (TPSA) is 31.9 Å². The molecule has 0 atom stereocenters. The molecule has 18 heavy (non-hydrogen) atoms. The van der Waals surface area contributed by atoms with E-state index in [2.05, 4.69) is 6.92 Å². The van der Waals surface area contributed by atoms with E-state index in [1.807, 2.05) is 6.20 Å². The zero-order valence-electron chi connectivity index (χ0n) is 11.8. The van der Waals surface area contributed by atoms with Crippen LogP contribution in [0.4, 0.5) is 0 Å². The van der Waals surface area contributed by atoms with Crippen molar-refractivity contribution in [2.24, 2.45) is 0 Å². The molecule has 3 nitrogen and oxygen atoms in total. The fourth-order valence-corrected chi connectivity index (χ4v) is 2.30. The summed E-state index contributed by atoms with van der Waals surface area (Å²) in [7, 11) is 0. The predicted molar refractivity (Wildman–Crippen MR) is 75.2 cm³/mol. The Balaban J connectivity index is 1.83. The van der Waals surface area contributed by atoms with Crippen molar-refractivity contribution in [1.29, 1.82) is 0 Å². The average Bonchev–Trinajstić information content (AvgIpc) is 2.77. The Kier molecular flexibility index (Phi) is 8.36. The molecule has 1 aromatic rings. The van der Waals surface area contributed by atoms with Crippen LogP contribution in [0.15, 0.2) is 18.5 Å². The van der Waals surface area contributed by atoms with E-state index in [-0.39, 0.29) is 0 Å². The van der Waals surface area contributed by atoms with Crippen LogP contribution < -0.4 is 4.85 Å². The molecule has 0 aliphatic carbocycles. The number of hydrogen-bond acceptors (Lipinski definition) is 1. The lowest BCUT2D eigenvalue weighted by molar-refractivity contribution is -0.694. The monoisotopic (exact) mass is 252 g/mol. The van der Waals surface area contributed by atoms with Crippen LogP contribution in [0.2, 0.25) is 0 Å². The molecular weight excluding hydrogens is 224 g/mol. The van der Waals surface area contributed by atoms with Gasteiger partial charge in [-0.25, -0.2) is 0 Å². The SMILES string of the molecule is CCCCCCCCCCCCn1ccc[n+]1[O-]. The summed E-state index contributed by atoms with van der Waals surface area (Å²) in [6.45, 7) is 3.11. The first-order chi connectivity index (χ1) is 8.84. The van der Waals surface area contributed by atoms with Gasteiger partial charge in [0.2, 0.25) is 6.20 Å². The molecule has 104 valence electrons. The van der Waals surface area contributed by atoms with E-state index in [9.17, 15) is 5.21 Å². The van der Waals surface area contributed by atoms with Crippen molar-refractivity contribution in [2.75, 3.05) is 0 Å². The first-order valence-electron chi connectivity index (χ1n) is 7.59. The first kappa shape index (κ1) is 15.1. The summed E-state index contributed by atoms with van der Waals surface area (Å²) in [4.78, 5) is 0.910. The van der Waals surface area contributed by atoms with Crippen molar-refractivity contribution in [3.8, 4) is 0 Å². The van der Waals surface area contributed by atoms with Gasteiger partial charge in [-0.1, -0.05) is 69.6 Å². The van der Waals surface area contributed by atoms with E-state index in [1.54, 1.807) is 16.9 Å².